The molecule has 3 amide bonds. The van der Waals surface area contributed by atoms with Crippen LogP contribution in [-0.2, 0) is 30.3 Å². The molecule has 0 aromatic heterocycles. The second-order valence-electron chi connectivity index (χ2n) is 8.22. The second kappa shape index (κ2) is 17.5. The van der Waals surface area contributed by atoms with E-state index in [1.807, 2.05) is 37.3 Å². The fourth-order valence-electron chi connectivity index (χ4n) is 3.23. The van der Waals surface area contributed by atoms with E-state index in [0.29, 0.717) is 31.1 Å². The molecule has 0 aliphatic heterocycles. The number of esters is 1. The van der Waals surface area contributed by atoms with Gasteiger partial charge < -0.3 is 20.1 Å². The van der Waals surface area contributed by atoms with Crippen molar-refractivity contribution in [2.24, 2.45) is 0 Å². The van der Waals surface area contributed by atoms with Gasteiger partial charge in [0, 0.05) is 31.4 Å². The molecule has 4 N–H and O–H groups in total. The van der Waals surface area contributed by atoms with Crippen LogP contribution in [0, 0.1) is 0 Å². The molecule has 0 fully saturated rings. The Hall–Kier alpha value is -3.99. The van der Waals surface area contributed by atoms with Crippen molar-refractivity contribution in [2.45, 2.75) is 51.9 Å². The third-order valence-corrected chi connectivity index (χ3v) is 5.30. The average molecular weight is 543 g/mol. The fourth-order valence-corrected chi connectivity index (χ4v) is 3.40. The van der Waals surface area contributed by atoms with Crippen LogP contribution < -0.4 is 26.2 Å². The van der Waals surface area contributed by atoms with E-state index < -0.39 is 11.8 Å². The number of rotatable bonds is 14. The van der Waals surface area contributed by atoms with Crippen molar-refractivity contribution >= 4 is 46.7 Å². The molecular formula is C27H34N4O6S. The number of anilines is 1. The highest BCUT2D eigenvalue weighted by molar-refractivity contribution is 7.80. The van der Waals surface area contributed by atoms with Gasteiger partial charge >= 0.3 is 5.97 Å². The number of ether oxygens (including phenoxy) is 2. The highest BCUT2D eigenvalue weighted by Gasteiger charge is 2.10. The van der Waals surface area contributed by atoms with Crippen molar-refractivity contribution in [2.75, 3.05) is 18.5 Å². The van der Waals surface area contributed by atoms with Gasteiger partial charge in [0.1, 0.15) is 5.75 Å². The number of hydrogen-bond donors (Lipinski definition) is 4. The van der Waals surface area contributed by atoms with Crippen molar-refractivity contribution in [1.82, 2.24) is 16.2 Å². The number of carbonyl (C=O) groups excluding carboxylic acids is 4. The number of thiocarbonyl (C=S) groups is 1. The number of carbonyl (C=O) groups is 4. The van der Waals surface area contributed by atoms with Gasteiger partial charge in [0.2, 0.25) is 17.7 Å². The van der Waals surface area contributed by atoms with Gasteiger partial charge in [-0.3, -0.25) is 30.0 Å². The van der Waals surface area contributed by atoms with Crippen LogP contribution in [0.25, 0.3) is 0 Å². The highest BCUT2D eigenvalue weighted by atomic mass is 32.1. The van der Waals surface area contributed by atoms with Gasteiger partial charge in [-0.25, -0.2) is 0 Å². The molecule has 0 unspecified atom stereocenters. The van der Waals surface area contributed by atoms with E-state index in [-0.39, 0.29) is 42.7 Å². The minimum absolute atomic E-state index is 0.0395. The lowest BCUT2D eigenvalue weighted by Crippen LogP contribution is -2.48. The van der Waals surface area contributed by atoms with Gasteiger partial charge in [0.15, 0.2) is 5.11 Å². The highest BCUT2D eigenvalue weighted by Crippen LogP contribution is 2.15. The Balaban J connectivity index is 1.50. The zero-order valence-electron chi connectivity index (χ0n) is 21.4. The van der Waals surface area contributed by atoms with Gasteiger partial charge in [-0.1, -0.05) is 30.3 Å². The molecule has 0 aliphatic carbocycles. The fraction of sp³-hybridized carbons (Fsp3) is 0.370. The molecule has 0 heterocycles. The summed E-state index contributed by atoms with van der Waals surface area (Å²) >= 11 is 4.97. The molecule has 11 heteroatoms. The molecular weight excluding hydrogens is 508 g/mol. The van der Waals surface area contributed by atoms with E-state index in [1.165, 1.54) is 5.56 Å². The Bertz CT molecular complexity index is 1060. The minimum Gasteiger partial charge on any atom is -0.494 e. The first-order valence-electron chi connectivity index (χ1n) is 12.5. The average Bonchev–Trinajstić information content (AvgIpc) is 2.90. The first-order chi connectivity index (χ1) is 18.4. The van der Waals surface area contributed by atoms with Gasteiger partial charge in [0.05, 0.1) is 13.2 Å². The third kappa shape index (κ3) is 13.4. The van der Waals surface area contributed by atoms with Crippen molar-refractivity contribution in [3.8, 4) is 5.75 Å². The zero-order chi connectivity index (χ0) is 27.6. The van der Waals surface area contributed by atoms with Crippen LogP contribution in [0.2, 0.25) is 0 Å². The second-order valence-corrected chi connectivity index (χ2v) is 8.63. The summed E-state index contributed by atoms with van der Waals surface area (Å²) in [5.41, 5.74) is 6.52. The Morgan fingerprint density at radius 1 is 0.789 bits per heavy atom. The van der Waals surface area contributed by atoms with Crippen LogP contribution in [0.15, 0.2) is 54.6 Å². The Kier molecular flexibility index (Phi) is 13.9. The third-order valence-electron chi connectivity index (χ3n) is 5.10. The predicted octanol–water partition coefficient (Wildman–Crippen LogP) is 3.17. The van der Waals surface area contributed by atoms with E-state index in [0.717, 1.165) is 12.8 Å². The molecule has 204 valence electrons. The molecule has 0 bridgehead atoms. The first kappa shape index (κ1) is 30.2. The summed E-state index contributed by atoms with van der Waals surface area (Å²) in [6.07, 6.45) is 1.93. The molecule has 2 aromatic rings. The number of benzene rings is 2. The summed E-state index contributed by atoms with van der Waals surface area (Å²) in [5.74, 6) is -0.853. The van der Waals surface area contributed by atoms with E-state index in [4.69, 9.17) is 21.7 Å². The molecule has 2 rings (SSSR count). The minimum atomic E-state index is -0.474. The normalized spacial score (nSPS) is 10.1. The van der Waals surface area contributed by atoms with Gasteiger partial charge in [-0.05, 0) is 68.2 Å². The predicted molar refractivity (Wildman–Crippen MR) is 147 cm³/mol. The maximum absolute atomic E-state index is 12.0. The molecule has 0 saturated carbocycles. The lowest BCUT2D eigenvalue weighted by atomic mass is 10.1. The lowest BCUT2D eigenvalue weighted by Gasteiger charge is -2.11. The van der Waals surface area contributed by atoms with Gasteiger partial charge in [-0.15, -0.1) is 0 Å². The van der Waals surface area contributed by atoms with E-state index >= 15 is 0 Å². The van der Waals surface area contributed by atoms with Crippen molar-refractivity contribution in [3.63, 3.8) is 0 Å². The smallest absolute Gasteiger partial charge is 0.305 e. The maximum Gasteiger partial charge on any atom is 0.305 e. The molecule has 0 aliphatic rings. The zero-order valence-corrected chi connectivity index (χ0v) is 22.2. The van der Waals surface area contributed by atoms with Crippen LogP contribution in [0.3, 0.4) is 0 Å². The molecule has 38 heavy (non-hydrogen) atoms. The Morgan fingerprint density at radius 2 is 1.50 bits per heavy atom. The van der Waals surface area contributed by atoms with Gasteiger partial charge in [-0.2, -0.15) is 0 Å². The molecule has 2 aromatic carbocycles. The largest absolute Gasteiger partial charge is 0.494 e. The number of hydrogen-bond acceptors (Lipinski definition) is 7. The molecule has 0 radical (unpaired) electrons. The topological polar surface area (TPSA) is 135 Å². The van der Waals surface area contributed by atoms with E-state index in [2.05, 4.69) is 21.5 Å². The molecule has 0 spiro atoms. The quantitative estimate of drug-likeness (QED) is 0.124. The van der Waals surface area contributed by atoms with Crippen LogP contribution >= 0.6 is 12.2 Å². The van der Waals surface area contributed by atoms with Crippen LogP contribution in [-0.4, -0.2) is 42.0 Å². The maximum atomic E-state index is 12.0. The summed E-state index contributed by atoms with van der Waals surface area (Å²) in [5, 5.41) is 5.02. The van der Waals surface area contributed by atoms with Crippen molar-refractivity contribution in [3.05, 3.63) is 60.2 Å². The summed E-state index contributed by atoms with van der Waals surface area (Å²) < 4.78 is 10.5. The SMILES string of the molecule is CCOc1ccc(NC(=O)CCC(=O)NNC(=S)NC(=O)CCCC(=O)OCCCc2ccccc2)cc1. The van der Waals surface area contributed by atoms with E-state index in [1.54, 1.807) is 24.3 Å². The van der Waals surface area contributed by atoms with Crippen molar-refractivity contribution in [1.29, 1.82) is 0 Å². The number of amides is 3. The number of hydrazine groups is 1. The standard InChI is InChI=1S/C27H34N4O6S/c1-2-36-22-15-13-21(14-16-22)28-24(33)17-18-25(34)30-31-27(38)29-23(32)11-6-12-26(35)37-19-7-10-20-8-4-3-5-9-20/h3-5,8-9,13-16H,2,6-7,10-12,17-19H2,1H3,(H,28,33)(H,30,34)(H2,29,31,32,38). The van der Waals surface area contributed by atoms with Crippen LogP contribution in [0.1, 0.15) is 51.0 Å². The number of nitrogens with one attached hydrogen (secondary N) is 4. The molecule has 0 atom stereocenters. The monoisotopic (exact) mass is 542 g/mol. The summed E-state index contributed by atoms with van der Waals surface area (Å²) in [7, 11) is 0. The Morgan fingerprint density at radius 3 is 2.21 bits per heavy atom. The summed E-state index contributed by atoms with van der Waals surface area (Å²) in [6, 6.07) is 16.8. The van der Waals surface area contributed by atoms with E-state index in [9.17, 15) is 19.2 Å². The summed E-state index contributed by atoms with van der Waals surface area (Å²) in [6.45, 7) is 2.76. The first-order valence-corrected chi connectivity index (χ1v) is 12.9. The molecule has 0 saturated heterocycles. The van der Waals surface area contributed by atoms with Crippen molar-refractivity contribution < 1.29 is 28.7 Å². The summed E-state index contributed by atoms with van der Waals surface area (Å²) in [4.78, 5) is 47.8. The number of aryl methyl sites for hydroxylation is 1. The van der Waals surface area contributed by atoms with Crippen LogP contribution in [0.4, 0.5) is 5.69 Å². The Labute approximate surface area is 227 Å². The van der Waals surface area contributed by atoms with Gasteiger partial charge in [0.25, 0.3) is 0 Å². The lowest BCUT2D eigenvalue weighted by molar-refractivity contribution is -0.143. The van der Waals surface area contributed by atoms with Crippen LogP contribution in [0.5, 0.6) is 5.75 Å². The molecule has 10 nitrogen and oxygen atoms in total.